The molecule has 0 bridgehead atoms. The van der Waals surface area contributed by atoms with Crippen LogP contribution in [0.15, 0.2) is 12.3 Å². The minimum Gasteiger partial charge on any atom is -0.478 e. The van der Waals surface area contributed by atoms with Gasteiger partial charge in [0.25, 0.3) is 0 Å². The van der Waals surface area contributed by atoms with Crippen molar-refractivity contribution in [2.75, 3.05) is 12.3 Å². The van der Waals surface area contributed by atoms with E-state index in [4.69, 9.17) is 31.7 Å². The van der Waals surface area contributed by atoms with E-state index < -0.39 is 0 Å². The molecule has 0 saturated heterocycles. The fourth-order valence-electron chi connectivity index (χ4n) is 0.651. The molecule has 0 saturated carbocycles. The van der Waals surface area contributed by atoms with Gasteiger partial charge in [0, 0.05) is 6.07 Å². The van der Waals surface area contributed by atoms with Gasteiger partial charge in [-0.25, -0.2) is 4.98 Å². The van der Waals surface area contributed by atoms with Gasteiger partial charge in [0.15, 0.2) is 0 Å². The molecule has 0 aromatic carbocycles. The third-order valence-corrected chi connectivity index (χ3v) is 1.48. The smallest absolute Gasteiger partial charge is 0.373 e. The van der Waals surface area contributed by atoms with E-state index in [1.54, 1.807) is 6.07 Å². The fourth-order valence-corrected chi connectivity index (χ4v) is 0.793. The number of nitrogens with two attached hydrogens (primary N) is 1. The van der Waals surface area contributed by atoms with Crippen LogP contribution in [0.25, 0.3) is 0 Å². The predicted molar refractivity (Wildman–Crippen MR) is 49.8 cm³/mol. The monoisotopic (exact) mass is 216 g/mol. The lowest BCUT2D eigenvalue weighted by atomic mass is 10.4. The largest absolute Gasteiger partial charge is 0.478 e. The average molecular weight is 217 g/mol. The Morgan fingerprint density at radius 1 is 1.64 bits per heavy atom. The van der Waals surface area contributed by atoms with Crippen molar-refractivity contribution in [2.24, 2.45) is 0 Å². The number of pyridine rings is 1. The highest BCUT2D eigenvalue weighted by atomic mass is 35.5. The summed E-state index contributed by atoms with van der Waals surface area (Å²) in [5, 5.41) is 0.475. The van der Waals surface area contributed by atoms with E-state index >= 15 is 0 Å². The minimum absolute atomic E-state index is 0.250. The summed E-state index contributed by atoms with van der Waals surface area (Å²) in [5.41, 5.74) is 5.90. The number of hydrogen-bond donors (Lipinski definition) is 1. The SMILES string of the molecule is CCOc1cc(Cl)c(N)cn1.O=C=O. The molecule has 0 radical (unpaired) electrons. The molecule has 0 aliphatic heterocycles. The molecule has 6 heteroatoms. The standard InChI is InChI=1S/C7H9ClN2O.CO2/c1-2-11-7-3-5(8)6(9)4-10-7;2-1-3/h3-4H,2,9H2,1H3;. The fraction of sp³-hybridized carbons (Fsp3) is 0.250. The minimum atomic E-state index is 0.250. The summed E-state index contributed by atoms with van der Waals surface area (Å²) in [6.07, 6.45) is 1.73. The maximum Gasteiger partial charge on any atom is 0.373 e. The second-order valence-electron chi connectivity index (χ2n) is 2.06. The topological polar surface area (TPSA) is 82.3 Å². The zero-order chi connectivity index (χ0) is 11.0. The molecule has 1 rings (SSSR count). The molecule has 0 aliphatic rings. The summed E-state index contributed by atoms with van der Waals surface area (Å²) in [4.78, 5) is 20.1. The van der Waals surface area contributed by atoms with E-state index in [9.17, 15) is 0 Å². The highest BCUT2D eigenvalue weighted by Crippen LogP contribution is 2.20. The van der Waals surface area contributed by atoms with Crippen LogP contribution in [0.5, 0.6) is 5.88 Å². The van der Waals surface area contributed by atoms with E-state index in [0.29, 0.717) is 23.2 Å². The van der Waals surface area contributed by atoms with Gasteiger partial charge < -0.3 is 10.5 Å². The predicted octanol–water partition coefficient (Wildman–Crippen LogP) is 1.13. The van der Waals surface area contributed by atoms with E-state index in [2.05, 4.69) is 4.98 Å². The number of aromatic nitrogens is 1. The number of carbonyl (C=O) groups excluding carboxylic acids is 2. The van der Waals surface area contributed by atoms with E-state index in [1.165, 1.54) is 6.20 Å². The molecule has 1 heterocycles. The maximum atomic E-state index is 8.12. The molecule has 1 aromatic rings. The average Bonchev–Trinajstić information content (AvgIpc) is 2.13. The Labute approximate surface area is 85.8 Å². The molecule has 0 fully saturated rings. The van der Waals surface area contributed by atoms with Crippen molar-refractivity contribution in [3.05, 3.63) is 17.3 Å². The van der Waals surface area contributed by atoms with Gasteiger partial charge in [-0.2, -0.15) is 9.59 Å². The second-order valence-corrected chi connectivity index (χ2v) is 2.47. The lowest BCUT2D eigenvalue weighted by molar-refractivity contribution is -0.191. The van der Waals surface area contributed by atoms with Crippen molar-refractivity contribution in [3.8, 4) is 5.88 Å². The van der Waals surface area contributed by atoms with Crippen molar-refractivity contribution in [1.82, 2.24) is 4.98 Å². The molecule has 0 unspecified atom stereocenters. The van der Waals surface area contributed by atoms with Crippen LogP contribution in [0.2, 0.25) is 5.02 Å². The summed E-state index contributed by atoms with van der Waals surface area (Å²) in [6, 6.07) is 1.60. The van der Waals surface area contributed by atoms with Crippen LogP contribution in [-0.2, 0) is 9.59 Å². The zero-order valence-corrected chi connectivity index (χ0v) is 8.25. The molecule has 2 N–H and O–H groups in total. The third-order valence-electron chi connectivity index (χ3n) is 1.15. The Bertz CT molecular complexity index is 324. The van der Waals surface area contributed by atoms with Gasteiger partial charge in [-0.1, -0.05) is 11.6 Å². The summed E-state index contributed by atoms with van der Waals surface area (Å²) >= 11 is 5.70. The van der Waals surface area contributed by atoms with Crippen LogP contribution in [0.3, 0.4) is 0 Å². The molecule has 0 aliphatic carbocycles. The van der Waals surface area contributed by atoms with Crippen LogP contribution in [0, 0.1) is 0 Å². The molecule has 0 spiro atoms. The lowest BCUT2D eigenvalue weighted by Crippen LogP contribution is -1.95. The van der Waals surface area contributed by atoms with Gasteiger partial charge in [-0.05, 0) is 6.92 Å². The van der Waals surface area contributed by atoms with E-state index in [1.807, 2.05) is 6.92 Å². The van der Waals surface area contributed by atoms with Crippen molar-refractivity contribution >= 4 is 23.4 Å². The van der Waals surface area contributed by atoms with Crippen molar-refractivity contribution in [3.63, 3.8) is 0 Å². The number of rotatable bonds is 2. The summed E-state index contributed by atoms with van der Waals surface area (Å²) in [6.45, 7) is 2.46. The summed E-state index contributed by atoms with van der Waals surface area (Å²) < 4.78 is 5.09. The number of ether oxygens (including phenoxy) is 1. The van der Waals surface area contributed by atoms with Crippen molar-refractivity contribution in [2.45, 2.75) is 6.92 Å². The first-order valence-electron chi connectivity index (χ1n) is 3.68. The lowest BCUT2D eigenvalue weighted by Gasteiger charge is -2.02. The summed E-state index contributed by atoms with van der Waals surface area (Å²) in [5.74, 6) is 0.506. The first-order valence-corrected chi connectivity index (χ1v) is 4.06. The molecule has 1 aromatic heterocycles. The molecular formula is C8H9ClN2O3. The van der Waals surface area contributed by atoms with Crippen molar-refractivity contribution < 1.29 is 14.3 Å². The van der Waals surface area contributed by atoms with Gasteiger partial charge in [0.2, 0.25) is 5.88 Å². The molecule has 0 amide bonds. The van der Waals surface area contributed by atoms with Crippen LogP contribution in [0.1, 0.15) is 6.92 Å². The van der Waals surface area contributed by atoms with Gasteiger partial charge in [0.05, 0.1) is 23.5 Å². The number of nitrogen functional groups attached to an aromatic ring is 1. The van der Waals surface area contributed by atoms with Gasteiger partial charge in [0.1, 0.15) is 0 Å². The van der Waals surface area contributed by atoms with Crippen LogP contribution in [0.4, 0.5) is 5.69 Å². The van der Waals surface area contributed by atoms with E-state index in [0.717, 1.165) is 0 Å². The first kappa shape index (κ1) is 12.4. The van der Waals surface area contributed by atoms with Crippen molar-refractivity contribution in [1.29, 1.82) is 0 Å². The molecule has 5 nitrogen and oxygen atoms in total. The molecular weight excluding hydrogens is 208 g/mol. The highest BCUT2D eigenvalue weighted by Gasteiger charge is 1.98. The molecule has 76 valence electrons. The number of anilines is 1. The van der Waals surface area contributed by atoms with Gasteiger partial charge >= 0.3 is 6.15 Å². The Morgan fingerprint density at radius 3 is 2.64 bits per heavy atom. The number of nitrogens with zero attached hydrogens (tertiary/aromatic N) is 1. The normalized spacial score (nSPS) is 8.14. The van der Waals surface area contributed by atoms with Crippen LogP contribution < -0.4 is 10.5 Å². The Kier molecular flexibility index (Phi) is 6.11. The Morgan fingerprint density at radius 2 is 2.21 bits per heavy atom. The van der Waals surface area contributed by atoms with Gasteiger partial charge in [-0.15, -0.1) is 0 Å². The maximum absolute atomic E-state index is 8.12. The zero-order valence-electron chi connectivity index (χ0n) is 7.49. The third kappa shape index (κ3) is 4.45. The highest BCUT2D eigenvalue weighted by molar-refractivity contribution is 6.33. The quantitative estimate of drug-likeness (QED) is 0.802. The Hall–Kier alpha value is -1.58. The molecule has 0 atom stereocenters. The van der Waals surface area contributed by atoms with Crippen LogP contribution in [-0.4, -0.2) is 17.7 Å². The summed E-state index contributed by atoms with van der Waals surface area (Å²) in [7, 11) is 0. The van der Waals surface area contributed by atoms with E-state index in [-0.39, 0.29) is 6.15 Å². The Balaban J connectivity index is 0.000000500. The first-order chi connectivity index (χ1) is 6.65. The van der Waals surface area contributed by atoms with Crippen LogP contribution >= 0.6 is 11.6 Å². The van der Waals surface area contributed by atoms with Gasteiger partial charge in [-0.3, -0.25) is 0 Å². The second kappa shape index (κ2) is 6.88. The number of halogens is 1. The molecule has 14 heavy (non-hydrogen) atoms. The number of hydrogen-bond acceptors (Lipinski definition) is 5.